The van der Waals surface area contributed by atoms with E-state index in [-0.39, 0.29) is 12.2 Å². The molecule has 21 heavy (non-hydrogen) atoms. The van der Waals surface area contributed by atoms with Crippen molar-refractivity contribution in [3.05, 3.63) is 35.4 Å². The third-order valence-corrected chi connectivity index (χ3v) is 2.57. The Bertz CT molecular complexity index is 545. The fourth-order valence-electron chi connectivity index (χ4n) is 1.47. The Labute approximate surface area is 121 Å². The van der Waals surface area contributed by atoms with Crippen molar-refractivity contribution in [1.82, 2.24) is 5.32 Å². The molecule has 5 nitrogen and oxygen atoms in total. The molecule has 1 atom stereocenters. The van der Waals surface area contributed by atoms with Gasteiger partial charge in [0.1, 0.15) is 24.3 Å². The van der Waals surface area contributed by atoms with Crippen molar-refractivity contribution >= 4 is 11.9 Å². The molecule has 1 aromatic carbocycles. The van der Waals surface area contributed by atoms with Gasteiger partial charge in [0.25, 0.3) is 5.91 Å². The first kappa shape index (κ1) is 17.0. The zero-order valence-electron chi connectivity index (χ0n) is 12.1. The molecule has 1 aromatic rings. The minimum atomic E-state index is -0.962. The molecular formula is C14H18F2N2O3. The van der Waals surface area contributed by atoms with Gasteiger partial charge >= 0.3 is 5.97 Å². The summed E-state index contributed by atoms with van der Waals surface area (Å²) in [6.45, 7) is 4.55. The van der Waals surface area contributed by atoms with Gasteiger partial charge in [-0.05, 0) is 32.9 Å². The Morgan fingerprint density at radius 3 is 2.52 bits per heavy atom. The monoisotopic (exact) mass is 300 g/mol. The summed E-state index contributed by atoms with van der Waals surface area (Å²) in [5, 5.41) is 2.51. The summed E-state index contributed by atoms with van der Waals surface area (Å²) < 4.78 is 31.2. The molecule has 0 aromatic heterocycles. The van der Waals surface area contributed by atoms with E-state index in [1.807, 2.05) is 0 Å². The number of hydrogen-bond acceptors (Lipinski definition) is 4. The Balaban J connectivity index is 2.70. The lowest BCUT2D eigenvalue weighted by Gasteiger charge is -2.26. The summed E-state index contributed by atoms with van der Waals surface area (Å²) in [7, 11) is 0. The summed E-state index contributed by atoms with van der Waals surface area (Å²) in [6.07, 6.45) is 0. The lowest BCUT2D eigenvalue weighted by atomic mass is 10.1. The number of carbonyl (C=O) groups is 2. The molecule has 0 unspecified atom stereocenters. The van der Waals surface area contributed by atoms with Crippen LogP contribution >= 0.6 is 0 Å². The van der Waals surface area contributed by atoms with Crippen molar-refractivity contribution in [1.29, 1.82) is 0 Å². The standard InChI is InChI=1S/C14H18F2N2O3/c1-8(17)13(20)21-7-14(2,3)18-12(19)10-5-4-9(15)6-11(10)16/h4-6,8H,7,17H2,1-3H3,(H,18,19)/t8-/m0/s1. The molecular weight excluding hydrogens is 282 g/mol. The SMILES string of the molecule is C[C@H](N)C(=O)OCC(C)(C)NC(=O)c1ccc(F)cc1F. The fourth-order valence-corrected chi connectivity index (χ4v) is 1.47. The third kappa shape index (κ3) is 5.11. The fraction of sp³-hybridized carbons (Fsp3) is 0.429. The van der Waals surface area contributed by atoms with Crippen molar-refractivity contribution in [2.75, 3.05) is 6.61 Å². The van der Waals surface area contributed by atoms with Gasteiger partial charge in [0, 0.05) is 6.07 Å². The van der Waals surface area contributed by atoms with Crippen molar-refractivity contribution < 1.29 is 23.1 Å². The predicted molar refractivity (Wildman–Crippen MR) is 72.5 cm³/mol. The van der Waals surface area contributed by atoms with Gasteiger partial charge in [-0.25, -0.2) is 8.78 Å². The zero-order chi connectivity index (χ0) is 16.2. The van der Waals surface area contributed by atoms with Crippen LogP contribution in [0.2, 0.25) is 0 Å². The highest BCUT2D eigenvalue weighted by atomic mass is 19.1. The van der Waals surface area contributed by atoms with Gasteiger partial charge in [-0.15, -0.1) is 0 Å². The average Bonchev–Trinajstić information content (AvgIpc) is 2.35. The number of esters is 1. The van der Waals surface area contributed by atoms with Crippen LogP contribution in [0, 0.1) is 11.6 Å². The first-order chi connectivity index (χ1) is 9.62. The van der Waals surface area contributed by atoms with Crippen LogP contribution in [0.1, 0.15) is 31.1 Å². The van der Waals surface area contributed by atoms with Crippen LogP contribution in [-0.2, 0) is 9.53 Å². The van der Waals surface area contributed by atoms with E-state index < -0.39 is 35.1 Å². The van der Waals surface area contributed by atoms with E-state index in [1.165, 1.54) is 6.92 Å². The molecule has 1 amide bonds. The van der Waals surface area contributed by atoms with Crippen molar-refractivity contribution in [2.45, 2.75) is 32.4 Å². The highest BCUT2D eigenvalue weighted by Crippen LogP contribution is 2.12. The van der Waals surface area contributed by atoms with Crippen LogP contribution in [-0.4, -0.2) is 30.1 Å². The minimum absolute atomic E-state index is 0.123. The summed E-state index contributed by atoms with van der Waals surface area (Å²) >= 11 is 0. The molecule has 0 aliphatic rings. The van der Waals surface area contributed by atoms with Gasteiger partial charge in [-0.1, -0.05) is 0 Å². The largest absolute Gasteiger partial charge is 0.462 e. The zero-order valence-corrected chi connectivity index (χ0v) is 12.1. The normalized spacial score (nSPS) is 12.7. The second-order valence-corrected chi connectivity index (χ2v) is 5.36. The average molecular weight is 300 g/mol. The van der Waals surface area contributed by atoms with Gasteiger partial charge in [-0.2, -0.15) is 0 Å². The Hall–Kier alpha value is -2.02. The Kier molecular flexibility index (Phi) is 5.37. The van der Waals surface area contributed by atoms with Crippen LogP contribution in [0.3, 0.4) is 0 Å². The molecule has 0 saturated carbocycles. The van der Waals surface area contributed by atoms with Gasteiger partial charge in [0.2, 0.25) is 0 Å². The number of nitrogens with two attached hydrogens (primary N) is 1. The van der Waals surface area contributed by atoms with Crippen LogP contribution < -0.4 is 11.1 Å². The van der Waals surface area contributed by atoms with E-state index in [0.29, 0.717) is 6.07 Å². The summed E-state index contributed by atoms with van der Waals surface area (Å²) in [4.78, 5) is 23.2. The molecule has 0 spiro atoms. The molecule has 1 rings (SSSR count). The number of carbonyl (C=O) groups excluding carboxylic acids is 2. The van der Waals surface area contributed by atoms with Gasteiger partial charge in [0.05, 0.1) is 11.1 Å². The first-order valence-electron chi connectivity index (χ1n) is 6.32. The minimum Gasteiger partial charge on any atom is -0.462 e. The quantitative estimate of drug-likeness (QED) is 0.805. The number of ether oxygens (including phenoxy) is 1. The summed E-state index contributed by atoms with van der Waals surface area (Å²) in [6, 6.07) is 1.88. The van der Waals surface area contributed by atoms with Crippen molar-refractivity contribution in [2.24, 2.45) is 5.73 Å². The third-order valence-electron chi connectivity index (χ3n) is 2.57. The Morgan fingerprint density at radius 2 is 2.00 bits per heavy atom. The van der Waals surface area contributed by atoms with Crippen LogP contribution in [0.15, 0.2) is 18.2 Å². The number of halogens is 2. The van der Waals surface area contributed by atoms with Gasteiger partial charge in [0.15, 0.2) is 0 Å². The topological polar surface area (TPSA) is 81.4 Å². The van der Waals surface area contributed by atoms with Crippen LogP contribution in [0.5, 0.6) is 0 Å². The maximum atomic E-state index is 13.5. The lowest BCUT2D eigenvalue weighted by Crippen LogP contribution is -2.48. The van der Waals surface area contributed by atoms with Gasteiger partial charge < -0.3 is 15.8 Å². The van der Waals surface area contributed by atoms with Crippen LogP contribution in [0.4, 0.5) is 8.78 Å². The maximum Gasteiger partial charge on any atom is 0.322 e. The smallest absolute Gasteiger partial charge is 0.322 e. The molecule has 0 fully saturated rings. The van der Waals surface area contributed by atoms with E-state index >= 15 is 0 Å². The van der Waals surface area contributed by atoms with Crippen molar-refractivity contribution in [3.63, 3.8) is 0 Å². The van der Waals surface area contributed by atoms with E-state index in [2.05, 4.69) is 5.32 Å². The number of hydrogen-bond donors (Lipinski definition) is 2. The number of rotatable bonds is 5. The second-order valence-electron chi connectivity index (χ2n) is 5.36. The summed E-state index contributed by atoms with van der Waals surface area (Å²) in [5.74, 6) is -3.07. The Morgan fingerprint density at radius 1 is 1.38 bits per heavy atom. The molecule has 0 aliphatic heterocycles. The number of benzene rings is 1. The highest BCUT2D eigenvalue weighted by molar-refractivity contribution is 5.94. The maximum absolute atomic E-state index is 13.5. The van der Waals surface area contributed by atoms with E-state index in [9.17, 15) is 18.4 Å². The molecule has 7 heteroatoms. The highest BCUT2D eigenvalue weighted by Gasteiger charge is 2.25. The van der Waals surface area contributed by atoms with Gasteiger partial charge in [-0.3, -0.25) is 9.59 Å². The van der Waals surface area contributed by atoms with E-state index in [0.717, 1.165) is 12.1 Å². The molecule has 3 N–H and O–H groups in total. The second kappa shape index (κ2) is 6.62. The molecule has 0 aliphatic carbocycles. The molecule has 0 heterocycles. The predicted octanol–water partition coefficient (Wildman–Crippen LogP) is 1.36. The molecule has 0 radical (unpaired) electrons. The van der Waals surface area contributed by atoms with Crippen LogP contribution in [0.25, 0.3) is 0 Å². The molecule has 116 valence electrons. The number of amides is 1. The van der Waals surface area contributed by atoms with E-state index in [1.54, 1.807) is 13.8 Å². The van der Waals surface area contributed by atoms with Crippen molar-refractivity contribution in [3.8, 4) is 0 Å². The first-order valence-corrected chi connectivity index (χ1v) is 6.32. The lowest BCUT2D eigenvalue weighted by molar-refractivity contribution is -0.146. The van der Waals surface area contributed by atoms with E-state index in [4.69, 9.17) is 10.5 Å². The molecule has 0 bridgehead atoms. The number of nitrogens with one attached hydrogen (secondary N) is 1. The molecule has 0 saturated heterocycles. The summed E-state index contributed by atoms with van der Waals surface area (Å²) in [5.41, 5.74) is 4.13.